The second-order valence-corrected chi connectivity index (χ2v) is 13.6. The zero-order chi connectivity index (χ0) is 26.1. The van der Waals surface area contributed by atoms with Gasteiger partial charge < -0.3 is 15.0 Å². The van der Waals surface area contributed by atoms with Gasteiger partial charge in [0, 0.05) is 22.4 Å². The van der Waals surface area contributed by atoms with Crippen molar-refractivity contribution in [3.05, 3.63) is 65.2 Å². The zero-order valence-corrected chi connectivity index (χ0v) is 22.6. The summed E-state index contributed by atoms with van der Waals surface area (Å²) in [5.41, 5.74) is 0.774. The number of anilines is 1. The molecule has 192 valence electrons. The number of amides is 2. The minimum Gasteiger partial charge on any atom is -0.444 e. The molecule has 0 aliphatic carbocycles. The van der Waals surface area contributed by atoms with Gasteiger partial charge in [-0.3, -0.25) is 4.79 Å². The van der Waals surface area contributed by atoms with E-state index in [9.17, 15) is 18.0 Å². The van der Waals surface area contributed by atoms with Gasteiger partial charge in [-0.05, 0) is 44.5 Å². The molecule has 2 aliphatic heterocycles. The summed E-state index contributed by atoms with van der Waals surface area (Å²) in [4.78, 5) is 32.2. The largest absolute Gasteiger partial charge is 0.444 e. The van der Waals surface area contributed by atoms with Gasteiger partial charge in [-0.1, -0.05) is 59.8 Å². The first-order valence-corrected chi connectivity index (χ1v) is 14.6. The van der Waals surface area contributed by atoms with Crippen LogP contribution in [0.25, 0.3) is 0 Å². The number of carbonyl (C=O) groups is 2. The lowest BCUT2D eigenvalue weighted by Crippen LogP contribution is -2.45. The Morgan fingerprint density at radius 3 is 2.56 bits per heavy atom. The fraction of sp³-hybridized carbons (Fsp3) is 0.400. The van der Waals surface area contributed by atoms with Crippen LogP contribution in [0.2, 0.25) is 5.02 Å². The molecule has 8 nitrogen and oxygen atoms in total. The van der Waals surface area contributed by atoms with E-state index in [0.29, 0.717) is 15.9 Å². The Bertz CT molecular complexity index is 1280. The second kappa shape index (κ2) is 10.4. The molecule has 0 unspecified atom stereocenters. The molecule has 0 spiro atoms. The van der Waals surface area contributed by atoms with Crippen LogP contribution in [0.5, 0.6) is 0 Å². The maximum Gasteiger partial charge on any atom is 0.408 e. The summed E-state index contributed by atoms with van der Waals surface area (Å²) in [5, 5.41) is 3.28. The Balaban J connectivity index is 1.65. The summed E-state index contributed by atoms with van der Waals surface area (Å²) in [6, 6.07) is 15.0. The van der Waals surface area contributed by atoms with Crippen LogP contribution in [0.1, 0.15) is 26.3 Å². The summed E-state index contributed by atoms with van der Waals surface area (Å²) in [6.45, 7) is 5.23. The van der Waals surface area contributed by atoms with E-state index in [1.54, 1.807) is 49.9 Å². The van der Waals surface area contributed by atoms with E-state index in [4.69, 9.17) is 16.3 Å². The molecular weight excluding hydrogens is 522 g/mol. The van der Waals surface area contributed by atoms with Crippen LogP contribution in [0, 0.1) is 0 Å². The highest BCUT2D eigenvalue weighted by Crippen LogP contribution is 2.41. The fourth-order valence-corrected chi connectivity index (χ4v) is 8.27. The Hall–Kier alpha value is -2.56. The summed E-state index contributed by atoms with van der Waals surface area (Å²) < 4.78 is 30.0. The minimum absolute atomic E-state index is 0.0101. The highest BCUT2D eigenvalue weighted by Gasteiger charge is 2.49. The number of thioether (sulfide) groups is 1. The number of fused-ring (bicyclic) bond motifs is 1. The molecule has 2 fully saturated rings. The zero-order valence-electron chi connectivity index (χ0n) is 20.2. The lowest BCUT2D eigenvalue weighted by Gasteiger charge is -2.25. The van der Waals surface area contributed by atoms with Crippen molar-refractivity contribution in [2.75, 3.05) is 16.4 Å². The molecule has 0 aromatic heterocycles. The number of alkyl carbamates (subject to hydrolysis) is 1. The van der Waals surface area contributed by atoms with Crippen LogP contribution >= 0.6 is 23.4 Å². The van der Waals surface area contributed by atoms with E-state index in [-0.39, 0.29) is 29.2 Å². The molecule has 3 atom stereocenters. The van der Waals surface area contributed by atoms with Crippen LogP contribution < -0.4 is 10.2 Å². The first-order valence-electron chi connectivity index (χ1n) is 11.5. The van der Waals surface area contributed by atoms with Gasteiger partial charge in [0.2, 0.25) is 0 Å². The predicted molar refractivity (Wildman–Crippen MR) is 143 cm³/mol. The minimum atomic E-state index is -3.21. The maximum absolute atomic E-state index is 13.5. The summed E-state index contributed by atoms with van der Waals surface area (Å²) in [6.07, 6.45) is -0.496. The Morgan fingerprint density at radius 1 is 1.17 bits per heavy atom. The third-order valence-electron chi connectivity index (χ3n) is 5.63. The van der Waals surface area contributed by atoms with E-state index in [1.165, 1.54) is 11.8 Å². The van der Waals surface area contributed by atoms with Crippen LogP contribution in [0.15, 0.2) is 59.6 Å². The third-order valence-corrected chi connectivity index (χ3v) is 9.08. The van der Waals surface area contributed by atoms with E-state index < -0.39 is 33.5 Å². The monoisotopic (exact) mass is 549 g/mol. The van der Waals surface area contributed by atoms with Crippen molar-refractivity contribution in [1.29, 1.82) is 0 Å². The van der Waals surface area contributed by atoms with E-state index in [2.05, 4.69) is 10.3 Å². The van der Waals surface area contributed by atoms with Crippen molar-refractivity contribution < 1.29 is 22.7 Å². The van der Waals surface area contributed by atoms with Crippen molar-refractivity contribution in [3.8, 4) is 0 Å². The van der Waals surface area contributed by atoms with Gasteiger partial charge in [0.05, 0.1) is 17.5 Å². The summed E-state index contributed by atoms with van der Waals surface area (Å²) in [5.74, 6) is -0.577. The molecule has 1 N–H and O–H groups in total. The third kappa shape index (κ3) is 6.60. The molecule has 2 aromatic rings. The molecule has 0 radical (unpaired) electrons. The quantitative estimate of drug-likeness (QED) is 0.599. The van der Waals surface area contributed by atoms with E-state index >= 15 is 0 Å². The summed E-state index contributed by atoms with van der Waals surface area (Å²) in [7, 11) is -3.21. The van der Waals surface area contributed by atoms with Crippen LogP contribution in [0.3, 0.4) is 0 Å². The Labute approximate surface area is 220 Å². The molecule has 0 saturated carbocycles. The smallest absolute Gasteiger partial charge is 0.408 e. The number of benzene rings is 2. The number of nitrogens with zero attached hydrogens (tertiary/aromatic N) is 2. The number of aliphatic imine (C=N–C) groups is 1. The van der Waals surface area contributed by atoms with Gasteiger partial charge in [0.25, 0.3) is 5.91 Å². The molecule has 2 amide bonds. The average Bonchev–Trinajstić information content (AvgIpc) is 3.23. The topological polar surface area (TPSA) is 105 Å². The molecule has 0 bridgehead atoms. The van der Waals surface area contributed by atoms with Gasteiger partial charge in [-0.2, -0.15) is 4.99 Å². The van der Waals surface area contributed by atoms with E-state index in [1.807, 2.05) is 30.3 Å². The Morgan fingerprint density at radius 2 is 1.89 bits per heavy atom. The first-order chi connectivity index (χ1) is 16.9. The van der Waals surface area contributed by atoms with Crippen LogP contribution in [0.4, 0.5) is 10.5 Å². The fourth-order valence-electron chi connectivity index (χ4n) is 4.16. The number of sulfone groups is 1. The van der Waals surface area contributed by atoms with Gasteiger partial charge in [0.1, 0.15) is 11.6 Å². The molecular formula is C25H28ClN3O5S2. The number of halogens is 1. The number of hydrogen-bond donors (Lipinski definition) is 1. The number of rotatable bonds is 5. The highest BCUT2D eigenvalue weighted by atomic mass is 35.5. The molecule has 11 heteroatoms. The number of hydrogen-bond acceptors (Lipinski definition) is 6. The number of nitrogens with one attached hydrogen (secondary N) is 1. The van der Waals surface area contributed by atoms with Crippen molar-refractivity contribution in [2.24, 2.45) is 4.99 Å². The molecule has 2 aliphatic rings. The highest BCUT2D eigenvalue weighted by molar-refractivity contribution is 8.16. The van der Waals surface area contributed by atoms with Crippen molar-refractivity contribution in [2.45, 2.75) is 50.1 Å². The van der Waals surface area contributed by atoms with Gasteiger partial charge >= 0.3 is 6.09 Å². The molecule has 36 heavy (non-hydrogen) atoms. The predicted octanol–water partition coefficient (Wildman–Crippen LogP) is 4.08. The Kier molecular flexibility index (Phi) is 7.68. The molecule has 2 heterocycles. The first kappa shape index (κ1) is 26.5. The maximum atomic E-state index is 13.5. The standard InChI is InChI=1S/C25H28ClN3O5S2/c1-25(2,3)34-24(31)27-19(12-16-8-5-4-6-9-16)22(30)28-23-29(18-11-7-10-17(26)13-18)20-14-36(32,33)15-21(20)35-23/h4-11,13,19-21H,12,14-15H2,1-3H3,(H,27,31)/t19-,20+,21-/m1/s1. The lowest BCUT2D eigenvalue weighted by molar-refractivity contribution is -0.119. The second-order valence-electron chi connectivity index (χ2n) is 9.77. The molecule has 2 aromatic carbocycles. The number of ether oxygens (including phenoxy) is 1. The number of carbonyl (C=O) groups excluding carboxylic acids is 2. The average molecular weight is 550 g/mol. The van der Waals surface area contributed by atoms with Crippen LogP contribution in [-0.2, 0) is 25.8 Å². The van der Waals surface area contributed by atoms with Gasteiger partial charge in [-0.25, -0.2) is 13.2 Å². The van der Waals surface area contributed by atoms with Crippen molar-refractivity contribution >= 4 is 56.1 Å². The van der Waals surface area contributed by atoms with Crippen molar-refractivity contribution in [3.63, 3.8) is 0 Å². The van der Waals surface area contributed by atoms with E-state index in [0.717, 1.165) is 5.56 Å². The van der Waals surface area contributed by atoms with Crippen molar-refractivity contribution in [1.82, 2.24) is 5.32 Å². The molecule has 2 saturated heterocycles. The molecule has 4 rings (SSSR count). The summed E-state index contributed by atoms with van der Waals surface area (Å²) >= 11 is 7.47. The lowest BCUT2D eigenvalue weighted by atomic mass is 10.1. The van der Waals surface area contributed by atoms with Gasteiger partial charge in [0.15, 0.2) is 15.0 Å². The van der Waals surface area contributed by atoms with Gasteiger partial charge in [-0.15, -0.1) is 0 Å². The normalized spacial score (nSPS) is 22.8. The SMILES string of the molecule is CC(C)(C)OC(=O)N[C@H](Cc1ccccc1)C(=O)N=C1S[C@@H]2CS(=O)(=O)C[C@@H]2N1c1cccc(Cl)c1. The number of amidine groups is 1. The van der Waals surface area contributed by atoms with Crippen LogP contribution in [-0.4, -0.2) is 60.0 Å².